The van der Waals surface area contributed by atoms with E-state index < -0.39 is 34.5 Å². The van der Waals surface area contributed by atoms with Gasteiger partial charge in [0.1, 0.15) is 12.6 Å². The van der Waals surface area contributed by atoms with Crippen LogP contribution in [0.5, 0.6) is 0 Å². The number of carbonyl (C=O) groups excluding carboxylic acids is 2. The summed E-state index contributed by atoms with van der Waals surface area (Å²) in [6.45, 7) is 4.43. The number of amides is 1. The fourth-order valence-electron chi connectivity index (χ4n) is 2.42. The summed E-state index contributed by atoms with van der Waals surface area (Å²) in [6, 6.07) is 12.9. The summed E-state index contributed by atoms with van der Waals surface area (Å²) in [7, 11) is -4.09. The molecule has 2 aromatic rings. The molecule has 2 rings (SSSR count). The summed E-state index contributed by atoms with van der Waals surface area (Å²) >= 11 is 0. The molecular formula is C20H21N3O5S. The van der Waals surface area contributed by atoms with Gasteiger partial charge < -0.3 is 10.1 Å². The number of sulfonamides is 1. The quantitative estimate of drug-likeness (QED) is 0.667. The lowest BCUT2D eigenvalue weighted by molar-refractivity contribution is -0.151. The van der Waals surface area contributed by atoms with E-state index in [0.29, 0.717) is 5.69 Å². The number of benzene rings is 2. The van der Waals surface area contributed by atoms with Gasteiger partial charge in [-0.3, -0.25) is 9.59 Å². The highest BCUT2D eigenvalue weighted by Gasteiger charge is 2.22. The topological polar surface area (TPSA) is 125 Å². The van der Waals surface area contributed by atoms with Crippen molar-refractivity contribution in [1.82, 2.24) is 4.72 Å². The van der Waals surface area contributed by atoms with E-state index in [1.54, 1.807) is 12.1 Å². The van der Waals surface area contributed by atoms with Crippen LogP contribution in [0.15, 0.2) is 47.4 Å². The van der Waals surface area contributed by atoms with Crippen molar-refractivity contribution in [2.24, 2.45) is 0 Å². The van der Waals surface area contributed by atoms with Crippen molar-refractivity contribution in [2.45, 2.75) is 31.8 Å². The largest absolute Gasteiger partial charge is 0.452 e. The summed E-state index contributed by atoms with van der Waals surface area (Å²) < 4.78 is 31.7. The van der Waals surface area contributed by atoms with E-state index in [1.807, 2.05) is 26.0 Å². The first-order valence-electron chi connectivity index (χ1n) is 8.70. The third kappa shape index (κ3) is 5.88. The molecule has 0 aliphatic rings. The Bertz CT molecular complexity index is 1070. The monoisotopic (exact) mass is 415 g/mol. The number of hydrogen-bond donors (Lipinski definition) is 2. The van der Waals surface area contributed by atoms with Gasteiger partial charge in [0.25, 0.3) is 5.91 Å². The zero-order valence-corrected chi connectivity index (χ0v) is 17.0. The molecule has 0 aromatic heterocycles. The lowest BCUT2D eigenvalue weighted by atomic mass is 10.1. The van der Waals surface area contributed by atoms with Gasteiger partial charge in [-0.1, -0.05) is 24.3 Å². The molecule has 1 amide bonds. The SMILES string of the molecule is Cc1ccc(C)c(NC(=O)[C@@H](C)OC(=O)CNS(=O)(=O)c2ccccc2C#N)c1. The number of anilines is 1. The number of ether oxygens (including phenoxy) is 1. The molecule has 0 radical (unpaired) electrons. The fraction of sp³-hybridized carbons (Fsp3) is 0.250. The first-order chi connectivity index (χ1) is 13.6. The van der Waals surface area contributed by atoms with E-state index in [0.717, 1.165) is 11.1 Å². The lowest BCUT2D eigenvalue weighted by Gasteiger charge is -2.15. The predicted octanol–water partition coefficient (Wildman–Crippen LogP) is 2.02. The first-order valence-corrected chi connectivity index (χ1v) is 10.2. The molecule has 0 bridgehead atoms. The zero-order chi connectivity index (χ0) is 21.6. The van der Waals surface area contributed by atoms with Gasteiger partial charge in [0.2, 0.25) is 10.0 Å². The van der Waals surface area contributed by atoms with E-state index in [2.05, 4.69) is 10.0 Å². The van der Waals surface area contributed by atoms with Gasteiger partial charge in [-0.05, 0) is 50.1 Å². The minimum absolute atomic E-state index is 0.0466. The molecule has 0 heterocycles. The van der Waals surface area contributed by atoms with Crippen molar-refractivity contribution in [2.75, 3.05) is 11.9 Å². The molecule has 0 spiro atoms. The molecule has 152 valence electrons. The second kappa shape index (κ2) is 9.32. The number of hydrogen-bond acceptors (Lipinski definition) is 6. The maximum absolute atomic E-state index is 12.3. The second-order valence-electron chi connectivity index (χ2n) is 6.37. The normalized spacial score (nSPS) is 11.9. The minimum Gasteiger partial charge on any atom is -0.452 e. The van der Waals surface area contributed by atoms with Crippen LogP contribution in [0, 0.1) is 25.2 Å². The van der Waals surface area contributed by atoms with E-state index in [9.17, 15) is 18.0 Å². The van der Waals surface area contributed by atoms with Crippen molar-refractivity contribution in [3.63, 3.8) is 0 Å². The Morgan fingerprint density at radius 2 is 1.86 bits per heavy atom. The van der Waals surface area contributed by atoms with Gasteiger partial charge in [-0.15, -0.1) is 0 Å². The minimum atomic E-state index is -4.09. The maximum atomic E-state index is 12.3. The first kappa shape index (κ1) is 22.1. The highest BCUT2D eigenvalue weighted by atomic mass is 32.2. The smallest absolute Gasteiger partial charge is 0.321 e. The van der Waals surface area contributed by atoms with Crippen LogP contribution in [0.1, 0.15) is 23.6 Å². The van der Waals surface area contributed by atoms with Crippen molar-refractivity contribution in [3.05, 3.63) is 59.2 Å². The van der Waals surface area contributed by atoms with Crippen molar-refractivity contribution >= 4 is 27.6 Å². The Labute approximate surface area is 169 Å². The molecule has 0 saturated heterocycles. The van der Waals surface area contributed by atoms with Crippen LogP contribution in [0.2, 0.25) is 0 Å². The number of esters is 1. The number of nitrogens with zero attached hydrogens (tertiary/aromatic N) is 1. The van der Waals surface area contributed by atoms with E-state index in [4.69, 9.17) is 10.00 Å². The zero-order valence-electron chi connectivity index (χ0n) is 16.2. The van der Waals surface area contributed by atoms with E-state index >= 15 is 0 Å². The van der Waals surface area contributed by atoms with Crippen LogP contribution in [0.25, 0.3) is 0 Å². The summed E-state index contributed by atoms with van der Waals surface area (Å²) in [4.78, 5) is 24.0. The average Bonchev–Trinajstić information content (AvgIpc) is 2.69. The highest BCUT2D eigenvalue weighted by Crippen LogP contribution is 2.17. The second-order valence-corrected chi connectivity index (χ2v) is 8.11. The number of nitrogens with one attached hydrogen (secondary N) is 2. The van der Waals surface area contributed by atoms with Gasteiger partial charge >= 0.3 is 5.97 Å². The summed E-state index contributed by atoms with van der Waals surface area (Å²) in [5, 5.41) is 11.7. The molecule has 0 aliphatic heterocycles. The Morgan fingerprint density at radius 3 is 2.55 bits per heavy atom. The fourth-order valence-corrected chi connectivity index (χ4v) is 3.55. The molecule has 9 heteroatoms. The predicted molar refractivity (Wildman–Crippen MR) is 106 cm³/mol. The third-order valence-corrected chi connectivity index (χ3v) is 5.49. The Hall–Kier alpha value is -3.22. The van der Waals surface area contributed by atoms with Crippen molar-refractivity contribution < 1.29 is 22.7 Å². The van der Waals surface area contributed by atoms with Crippen LogP contribution >= 0.6 is 0 Å². The molecule has 2 N–H and O–H groups in total. The van der Waals surface area contributed by atoms with Gasteiger partial charge in [0.05, 0.1) is 10.5 Å². The molecule has 1 atom stereocenters. The van der Waals surface area contributed by atoms with Crippen LogP contribution < -0.4 is 10.0 Å². The van der Waals surface area contributed by atoms with Crippen LogP contribution in [0.3, 0.4) is 0 Å². The average molecular weight is 415 g/mol. The van der Waals surface area contributed by atoms with E-state index in [1.165, 1.54) is 31.2 Å². The summed E-state index contributed by atoms with van der Waals surface area (Å²) in [6.07, 6.45) is -1.13. The van der Waals surface area contributed by atoms with Crippen LogP contribution in [-0.2, 0) is 24.3 Å². The Kier molecular flexibility index (Phi) is 7.09. The molecule has 2 aromatic carbocycles. The van der Waals surface area contributed by atoms with Crippen LogP contribution in [-0.4, -0.2) is 32.9 Å². The lowest BCUT2D eigenvalue weighted by Crippen LogP contribution is -2.36. The number of nitriles is 1. The maximum Gasteiger partial charge on any atom is 0.321 e. The molecule has 29 heavy (non-hydrogen) atoms. The van der Waals surface area contributed by atoms with Gasteiger partial charge in [0, 0.05) is 5.69 Å². The van der Waals surface area contributed by atoms with Crippen molar-refractivity contribution in [3.8, 4) is 6.07 Å². The highest BCUT2D eigenvalue weighted by molar-refractivity contribution is 7.89. The summed E-state index contributed by atoms with van der Waals surface area (Å²) in [5.74, 6) is -1.46. The van der Waals surface area contributed by atoms with Crippen molar-refractivity contribution in [1.29, 1.82) is 5.26 Å². The number of aryl methyl sites for hydroxylation is 2. The Morgan fingerprint density at radius 1 is 1.17 bits per heavy atom. The van der Waals surface area contributed by atoms with Crippen LogP contribution in [0.4, 0.5) is 5.69 Å². The third-order valence-electron chi connectivity index (χ3n) is 4.03. The number of carbonyl (C=O) groups is 2. The molecule has 0 aliphatic carbocycles. The molecule has 0 unspecified atom stereocenters. The molecule has 8 nitrogen and oxygen atoms in total. The Balaban J connectivity index is 1.95. The standard InChI is InChI=1S/C20H21N3O5S/c1-13-8-9-14(2)17(10-13)23-20(25)15(3)28-19(24)12-22-29(26,27)18-7-5-4-6-16(18)11-21/h4-10,15,22H,12H2,1-3H3,(H,23,25)/t15-/m1/s1. The van der Waals surface area contributed by atoms with Gasteiger partial charge in [-0.25, -0.2) is 8.42 Å². The molecule has 0 saturated carbocycles. The van der Waals surface area contributed by atoms with Gasteiger partial charge in [-0.2, -0.15) is 9.98 Å². The molecular weight excluding hydrogens is 394 g/mol. The van der Waals surface area contributed by atoms with Gasteiger partial charge in [0.15, 0.2) is 6.10 Å². The summed E-state index contributed by atoms with van der Waals surface area (Å²) in [5.41, 5.74) is 2.37. The van der Waals surface area contributed by atoms with E-state index in [-0.39, 0.29) is 10.5 Å². The molecule has 0 fully saturated rings. The number of rotatable bonds is 7.